The van der Waals surface area contributed by atoms with Crippen LogP contribution in [0.4, 0.5) is 0 Å². The first kappa shape index (κ1) is 9.54. The Morgan fingerprint density at radius 2 is 2.00 bits per heavy atom. The molecule has 0 fully saturated rings. The summed E-state index contributed by atoms with van der Waals surface area (Å²) in [4.78, 5) is 9.72. The lowest BCUT2D eigenvalue weighted by Gasteiger charge is -2.01. The van der Waals surface area contributed by atoms with Crippen LogP contribution in [0.5, 0.6) is 0 Å². The minimum atomic E-state index is -3.82. The van der Waals surface area contributed by atoms with E-state index in [1.54, 1.807) is 0 Å². The third-order valence-electron chi connectivity index (χ3n) is 0.860. The van der Waals surface area contributed by atoms with Gasteiger partial charge in [-0.25, -0.2) is 8.42 Å². The molecule has 60 valence electrons. The Morgan fingerprint density at radius 1 is 1.50 bits per heavy atom. The molecule has 2 N–H and O–H groups in total. The molecule has 0 aromatic carbocycles. The predicted octanol–water partition coefficient (Wildman–Crippen LogP) is -2.09. The van der Waals surface area contributed by atoms with Gasteiger partial charge in [0, 0.05) is 0 Å². The Balaban J connectivity index is 4.26. The van der Waals surface area contributed by atoms with Crippen LogP contribution in [-0.4, -0.2) is 42.7 Å². The van der Waals surface area contributed by atoms with Gasteiger partial charge in [-0.3, -0.25) is 4.79 Å². The summed E-state index contributed by atoms with van der Waals surface area (Å²) < 4.78 is 21.0. The lowest BCUT2D eigenvalue weighted by atomic mass is 10.8. The zero-order valence-electron chi connectivity index (χ0n) is 5.10. The van der Waals surface area contributed by atoms with Gasteiger partial charge < -0.3 is 10.2 Å². The molecule has 0 amide bonds. The Hall–Kier alpha value is -0.460. The summed E-state index contributed by atoms with van der Waals surface area (Å²) >= 11 is 0. The fraction of sp³-hybridized carbons (Fsp3) is 0.750. The van der Waals surface area contributed by atoms with Crippen molar-refractivity contribution >= 4 is 16.1 Å². The van der Waals surface area contributed by atoms with Crippen molar-refractivity contribution in [2.24, 2.45) is 0 Å². The number of hydrogen-bond donors (Lipinski definition) is 2. The number of carbonyl (C=O) groups is 1. The molecule has 0 radical (unpaired) electrons. The second kappa shape index (κ2) is 3.65. The van der Waals surface area contributed by atoms with E-state index in [0.717, 1.165) is 0 Å². The zero-order valence-corrected chi connectivity index (χ0v) is 5.91. The van der Waals surface area contributed by atoms with Crippen LogP contribution < -0.4 is 0 Å². The molecule has 0 heterocycles. The molecule has 0 aromatic heterocycles. The van der Waals surface area contributed by atoms with Crippen LogP contribution in [0.1, 0.15) is 0 Å². The highest BCUT2D eigenvalue weighted by Crippen LogP contribution is 1.94. The fourth-order valence-corrected chi connectivity index (χ4v) is 0.998. The molecule has 0 aliphatic rings. The van der Waals surface area contributed by atoms with Crippen molar-refractivity contribution in [2.75, 3.05) is 12.4 Å². The topological polar surface area (TPSA) is 91.7 Å². The number of aliphatic hydroxyl groups excluding tert-OH is 2. The first-order valence-corrected chi connectivity index (χ1v) is 4.22. The van der Waals surface area contributed by atoms with Crippen LogP contribution in [-0.2, 0) is 14.6 Å². The highest BCUT2D eigenvalue weighted by molar-refractivity contribution is 7.92. The van der Waals surface area contributed by atoms with Gasteiger partial charge in [0.25, 0.3) is 0 Å². The molecular formula is C4H8O5S. The molecule has 0 aliphatic heterocycles. The molecule has 0 spiro atoms. The molecule has 1 atom stereocenters. The average molecular weight is 168 g/mol. The zero-order chi connectivity index (χ0) is 8.20. The Kier molecular flexibility index (Phi) is 3.48. The summed E-state index contributed by atoms with van der Waals surface area (Å²) in [5.41, 5.74) is -2.00. The minimum Gasteiger partial charge on any atom is -0.395 e. The molecule has 0 aliphatic carbocycles. The molecule has 0 aromatic rings. The van der Waals surface area contributed by atoms with Crippen LogP contribution >= 0.6 is 0 Å². The van der Waals surface area contributed by atoms with E-state index in [1.165, 1.54) is 0 Å². The smallest absolute Gasteiger partial charge is 0.211 e. The average Bonchev–Trinajstić information content (AvgIpc) is 1.86. The van der Waals surface area contributed by atoms with Crippen molar-refractivity contribution in [1.82, 2.24) is 0 Å². The lowest BCUT2D eigenvalue weighted by molar-refractivity contribution is -0.111. The molecule has 5 nitrogen and oxygen atoms in total. The maximum atomic E-state index is 10.5. The van der Waals surface area contributed by atoms with Gasteiger partial charge in [0.15, 0.2) is 16.1 Å². The van der Waals surface area contributed by atoms with Crippen LogP contribution in [0.15, 0.2) is 0 Å². The molecule has 0 bridgehead atoms. The number of hydrogen-bond acceptors (Lipinski definition) is 5. The largest absolute Gasteiger partial charge is 0.395 e. The van der Waals surface area contributed by atoms with Gasteiger partial charge in [0.2, 0.25) is 5.44 Å². The van der Waals surface area contributed by atoms with Crippen molar-refractivity contribution in [2.45, 2.75) is 5.44 Å². The summed E-state index contributed by atoms with van der Waals surface area (Å²) in [6.45, 7) is -0.590. The highest BCUT2D eigenvalue weighted by Gasteiger charge is 2.20. The van der Waals surface area contributed by atoms with Gasteiger partial charge in [0.05, 0.1) is 12.4 Å². The van der Waals surface area contributed by atoms with E-state index in [0.29, 0.717) is 0 Å². The second-order valence-corrected chi connectivity index (χ2v) is 3.83. The standard InChI is InChI=1S/C4H8O5S/c5-1-2-10(8,9)4(7)3-6/h3-5,7H,1-2H2. The van der Waals surface area contributed by atoms with Crippen LogP contribution in [0, 0.1) is 0 Å². The predicted molar refractivity (Wildman–Crippen MR) is 32.9 cm³/mol. The van der Waals surface area contributed by atoms with E-state index in [9.17, 15) is 13.2 Å². The Labute approximate surface area is 58.2 Å². The number of carbonyl (C=O) groups excluding carboxylic acids is 1. The summed E-state index contributed by atoms with van der Waals surface area (Å²) in [5, 5.41) is 16.6. The molecular weight excluding hydrogens is 160 g/mol. The van der Waals surface area contributed by atoms with E-state index < -0.39 is 27.6 Å². The van der Waals surface area contributed by atoms with Gasteiger partial charge in [-0.2, -0.15) is 0 Å². The third kappa shape index (κ3) is 2.42. The van der Waals surface area contributed by atoms with Crippen LogP contribution in [0.2, 0.25) is 0 Å². The maximum Gasteiger partial charge on any atom is 0.211 e. The number of sulfone groups is 1. The van der Waals surface area contributed by atoms with Gasteiger partial charge >= 0.3 is 0 Å². The molecule has 10 heavy (non-hydrogen) atoms. The fourth-order valence-electron chi connectivity index (χ4n) is 0.333. The number of aldehydes is 1. The van der Waals surface area contributed by atoms with Crippen molar-refractivity contribution in [3.8, 4) is 0 Å². The van der Waals surface area contributed by atoms with Crippen molar-refractivity contribution < 1.29 is 23.4 Å². The van der Waals surface area contributed by atoms with Gasteiger partial charge in [-0.1, -0.05) is 0 Å². The Morgan fingerprint density at radius 3 is 2.30 bits per heavy atom. The van der Waals surface area contributed by atoms with Crippen LogP contribution in [0.3, 0.4) is 0 Å². The summed E-state index contributed by atoms with van der Waals surface area (Å²) in [6, 6.07) is 0. The molecule has 0 saturated carbocycles. The van der Waals surface area contributed by atoms with E-state index in [-0.39, 0.29) is 6.29 Å². The quantitative estimate of drug-likeness (QED) is 0.470. The summed E-state index contributed by atoms with van der Waals surface area (Å²) in [7, 11) is -3.82. The van der Waals surface area contributed by atoms with E-state index in [1.807, 2.05) is 0 Å². The van der Waals surface area contributed by atoms with Gasteiger partial charge in [-0.15, -0.1) is 0 Å². The third-order valence-corrected chi connectivity index (χ3v) is 2.46. The van der Waals surface area contributed by atoms with Crippen molar-refractivity contribution in [3.63, 3.8) is 0 Å². The van der Waals surface area contributed by atoms with Gasteiger partial charge in [-0.05, 0) is 0 Å². The van der Waals surface area contributed by atoms with Crippen LogP contribution in [0.25, 0.3) is 0 Å². The number of rotatable bonds is 4. The molecule has 0 saturated heterocycles. The summed E-state index contributed by atoms with van der Waals surface area (Å²) in [6.07, 6.45) is -0.0923. The first-order valence-electron chi connectivity index (χ1n) is 2.50. The monoisotopic (exact) mass is 168 g/mol. The highest BCUT2D eigenvalue weighted by atomic mass is 32.2. The normalized spacial score (nSPS) is 14.6. The van der Waals surface area contributed by atoms with E-state index in [2.05, 4.69) is 0 Å². The maximum absolute atomic E-state index is 10.5. The Bertz CT molecular complexity index is 194. The van der Waals surface area contributed by atoms with Gasteiger partial charge in [0.1, 0.15) is 0 Å². The molecule has 6 heteroatoms. The SMILES string of the molecule is O=CC(O)S(=O)(=O)CCO. The van der Waals surface area contributed by atoms with E-state index in [4.69, 9.17) is 10.2 Å². The van der Waals surface area contributed by atoms with Crippen molar-refractivity contribution in [3.05, 3.63) is 0 Å². The molecule has 0 rings (SSSR count). The second-order valence-electron chi connectivity index (χ2n) is 1.62. The first-order chi connectivity index (χ1) is 4.54. The minimum absolute atomic E-state index is 0.0923. The lowest BCUT2D eigenvalue weighted by Crippen LogP contribution is -2.26. The molecule has 1 unspecified atom stereocenters. The summed E-state index contributed by atoms with van der Waals surface area (Å²) in [5.74, 6) is -0.590. The van der Waals surface area contributed by atoms with E-state index >= 15 is 0 Å². The number of aliphatic hydroxyl groups is 2. The van der Waals surface area contributed by atoms with Crippen molar-refractivity contribution in [1.29, 1.82) is 0 Å².